The Morgan fingerprint density at radius 3 is 2.77 bits per heavy atom. The van der Waals surface area contributed by atoms with Crippen molar-refractivity contribution in [2.75, 3.05) is 0 Å². The summed E-state index contributed by atoms with van der Waals surface area (Å²) in [5, 5.41) is 0. The molecule has 3 nitrogen and oxygen atoms in total. The fourth-order valence-corrected chi connectivity index (χ4v) is 0.835. The van der Waals surface area contributed by atoms with Crippen LogP contribution in [0.1, 0.15) is 28.2 Å². The van der Waals surface area contributed by atoms with E-state index in [0.717, 1.165) is 0 Å². The summed E-state index contributed by atoms with van der Waals surface area (Å²) in [6.07, 6.45) is 0. The van der Waals surface area contributed by atoms with Crippen LogP contribution in [0.3, 0.4) is 0 Å². The van der Waals surface area contributed by atoms with Gasteiger partial charge in [-0.05, 0) is 25.9 Å². The molecule has 0 aliphatic rings. The molecule has 1 aromatic carbocycles. The number of hydrogen-bond donors (Lipinski definition) is 2. The zero-order chi connectivity index (χ0) is 12.2. The Bertz CT molecular complexity index is 351. The van der Waals surface area contributed by atoms with Gasteiger partial charge in [0, 0.05) is 15.7 Å². The van der Waals surface area contributed by atoms with Gasteiger partial charge in [-0.15, -0.1) is 0 Å². The molecule has 0 saturated heterocycles. The van der Waals surface area contributed by atoms with E-state index >= 15 is 0 Å². The van der Waals surface area contributed by atoms with Crippen molar-refractivity contribution in [3.05, 3.63) is 35.9 Å². The molecule has 0 radical (unpaired) electrons. The molecule has 13 heavy (non-hydrogen) atoms. The minimum Gasteiger partial charge on any atom is -0.287 e. The summed E-state index contributed by atoms with van der Waals surface area (Å²) in [6, 6.07) is 7.79. The van der Waals surface area contributed by atoms with Crippen LogP contribution in [0.2, 0.25) is 0 Å². The van der Waals surface area contributed by atoms with E-state index in [1.54, 1.807) is 30.3 Å². The maximum absolute atomic E-state index is 11.5. The molecule has 1 atom stereocenters. The third-order valence-electron chi connectivity index (χ3n) is 1.44. The normalized spacial score (nSPS) is 16.5. The minimum atomic E-state index is -2.13. The van der Waals surface area contributed by atoms with Crippen molar-refractivity contribution in [1.82, 2.24) is 10.9 Å². The van der Waals surface area contributed by atoms with Gasteiger partial charge in [0.1, 0.15) is 0 Å². The van der Waals surface area contributed by atoms with Crippen molar-refractivity contribution < 1.29 is 8.91 Å². The smallest absolute Gasteiger partial charge is 0.265 e. The molecule has 0 bridgehead atoms. The van der Waals surface area contributed by atoms with Gasteiger partial charge in [-0.2, -0.15) is 0 Å². The lowest BCUT2D eigenvalue weighted by Gasteiger charge is -2.09. The fourth-order valence-electron chi connectivity index (χ4n) is 0.835. The average molecular weight is 181 g/mol. The molecule has 1 unspecified atom stereocenters. The minimum absolute atomic E-state index is 0.350. The summed E-state index contributed by atoms with van der Waals surface area (Å²) >= 11 is 0. The first-order valence-corrected chi connectivity index (χ1v) is 4.02. The third-order valence-corrected chi connectivity index (χ3v) is 1.44. The standard InChI is InChI=1S/C10H14N2O/c1-8(2)11-12-10(13)9-6-4-3-5-7-9/h3-8,11H,1-2H3,(H,12,13)/i1D3. The Morgan fingerprint density at radius 1 is 1.46 bits per heavy atom. The Hall–Kier alpha value is -1.35. The topological polar surface area (TPSA) is 41.1 Å². The molecule has 70 valence electrons. The van der Waals surface area contributed by atoms with Crippen molar-refractivity contribution in [2.45, 2.75) is 19.8 Å². The summed E-state index contributed by atoms with van der Waals surface area (Å²) in [7, 11) is 0. The SMILES string of the molecule is [2H]C([2H])([2H])C(C)NNC(=O)c1ccccc1. The number of benzene rings is 1. The second kappa shape index (κ2) is 4.62. The van der Waals surface area contributed by atoms with E-state index in [2.05, 4.69) is 10.9 Å². The number of rotatable bonds is 3. The predicted octanol–water partition coefficient (Wildman–Crippen LogP) is 1.33. The maximum atomic E-state index is 11.5. The van der Waals surface area contributed by atoms with Crippen molar-refractivity contribution in [1.29, 1.82) is 0 Å². The van der Waals surface area contributed by atoms with E-state index in [1.807, 2.05) is 0 Å². The Kier molecular flexibility index (Phi) is 2.19. The lowest BCUT2D eigenvalue weighted by atomic mass is 10.2. The Morgan fingerprint density at radius 2 is 2.15 bits per heavy atom. The monoisotopic (exact) mass is 181 g/mol. The van der Waals surface area contributed by atoms with Gasteiger partial charge in [-0.25, -0.2) is 5.43 Å². The molecule has 0 spiro atoms. The number of hydrazine groups is 1. The number of hydrogen-bond acceptors (Lipinski definition) is 2. The lowest BCUT2D eigenvalue weighted by Crippen LogP contribution is -2.41. The quantitative estimate of drug-likeness (QED) is 0.691. The van der Waals surface area contributed by atoms with E-state index in [0.29, 0.717) is 5.56 Å². The molecule has 0 saturated carbocycles. The van der Waals surface area contributed by atoms with Crippen LogP contribution in [0.5, 0.6) is 0 Å². The first-order chi connectivity index (χ1) is 7.41. The molecule has 0 aliphatic heterocycles. The zero-order valence-corrected chi connectivity index (χ0v) is 7.37. The summed E-state index contributed by atoms with van der Waals surface area (Å²) in [5.74, 6) is -0.350. The lowest BCUT2D eigenvalue weighted by molar-refractivity contribution is 0.0927. The molecule has 1 rings (SSSR count). The molecule has 0 aromatic heterocycles. The fraction of sp³-hybridized carbons (Fsp3) is 0.300. The number of carbonyl (C=O) groups is 1. The molecule has 2 N–H and O–H groups in total. The van der Waals surface area contributed by atoms with Crippen LogP contribution >= 0.6 is 0 Å². The van der Waals surface area contributed by atoms with Crippen LogP contribution in [0.4, 0.5) is 0 Å². The highest BCUT2D eigenvalue weighted by Crippen LogP contribution is 1.96. The van der Waals surface area contributed by atoms with Gasteiger partial charge in [0.25, 0.3) is 5.91 Å². The Labute approximate surface area is 82.3 Å². The van der Waals surface area contributed by atoms with Crippen LogP contribution in [0, 0.1) is 0 Å². The molecule has 3 heteroatoms. The van der Waals surface area contributed by atoms with Crippen molar-refractivity contribution in [2.24, 2.45) is 0 Å². The first kappa shape index (κ1) is 6.16. The summed E-state index contributed by atoms with van der Waals surface area (Å²) in [6.45, 7) is -0.651. The van der Waals surface area contributed by atoms with Gasteiger partial charge in [0.15, 0.2) is 0 Å². The van der Waals surface area contributed by atoms with Gasteiger partial charge < -0.3 is 0 Å². The highest BCUT2D eigenvalue weighted by Gasteiger charge is 2.02. The van der Waals surface area contributed by atoms with Gasteiger partial charge in [0.05, 0.1) is 0 Å². The highest BCUT2D eigenvalue weighted by atomic mass is 16.2. The molecule has 0 fully saturated rings. The van der Waals surface area contributed by atoms with E-state index in [-0.39, 0.29) is 5.91 Å². The zero-order valence-electron chi connectivity index (χ0n) is 10.4. The van der Waals surface area contributed by atoms with Crippen LogP contribution in [-0.2, 0) is 0 Å². The summed E-state index contributed by atoms with van der Waals surface area (Å²) in [5.41, 5.74) is 5.29. The largest absolute Gasteiger partial charge is 0.287 e. The Balaban J connectivity index is 2.48. The predicted molar refractivity (Wildman–Crippen MR) is 52.2 cm³/mol. The van der Waals surface area contributed by atoms with Gasteiger partial charge in [-0.3, -0.25) is 10.2 Å². The van der Waals surface area contributed by atoms with E-state index in [9.17, 15) is 4.79 Å². The molecule has 1 aromatic rings. The van der Waals surface area contributed by atoms with Crippen molar-refractivity contribution >= 4 is 5.91 Å². The van der Waals surface area contributed by atoms with Crippen molar-refractivity contribution in [3.8, 4) is 0 Å². The second-order valence-electron chi connectivity index (χ2n) is 2.69. The van der Waals surface area contributed by atoms with Crippen LogP contribution < -0.4 is 10.9 Å². The average Bonchev–Trinajstić information content (AvgIpc) is 2.25. The van der Waals surface area contributed by atoms with E-state index < -0.39 is 12.9 Å². The van der Waals surface area contributed by atoms with E-state index in [4.69, 9.17) is 4.11 Å². The van der Waals surface area contributed by atoms with Gasteiger partial charge in [0.2, 0.25) is 0 Å². The molecule has 1 amide bonds. The molecule has 0 heterocycles. The van der Waals surface area contributed by atoms with E-state index in [1.165, 1.54) is 6.92 Å². The molecular formula is C10H14N2O. The molecular weight excluding hydrogens is 164 g/mol. The first-order valence-electron chi connectivity index (χ1n) is 5.52. The van der Waals surface area contributed by atoms with Crippen molar-refractivity contribution in [3.63, 3.8) is 0 Å². The van der Waals surface area contributed by atoms with Crippen LogP contribution in [-0.4, -0.2) is 11.9 Å². The van der Waals surface area contributed by atoms with Gasteiger partial charge in [-0.1, -0.05) is 18.2 Å². The van der Waals surface area contributed by atoms with Crippen LogP contribution in [0.25, 0.3) is 0 Å². The summed E-state index contributed by atoms with van der Waals surface area (Å²) < 4.78 is 21.3. The number of amides is 1. The number of carbonyl (C=O) groups excluding carboxylic acids is 1. The number of nitrogens with one attached hydrogen (secondary N) is 2. The maximum Gasteiger partial charge on any atom is 0.265 e. The third kappa shape index (κ3) is 3.25. The van der Waals surface area contributed by atoms with Gasteiger partial charge >= 0.3 is 0 Å². The summed E-state index contributed by atoms with van der Waals surface area (Å²) in [4.78, 5) is 11.5. The highest BCUT2D eigenvalue weighted by molar-refractivity contribution is 5.93. The second-order valence-corrected chi connectivity index (χ2v) is 2.69. The molecule has 0 aliphatic carbocycles. The van der Waals surface area contributed by atoms with Crippen LogP contribution in [0.15, 0.2) is 30.3 Å².